The molecule has 7 heteroatoms. The van der Waals surface area contributed by atoms with E-state index in [0.29, 0.717) is 6.54 Å². The van der Waals surface area contributed by atoms with Gasteiger partial charge >= 0.3 is 6.03 Å². The Bertz CT molecular complexity index is 650. The lowest BCUT2D eigenvalue weighted by molar-refractivity contribution is 0.108. The zero-order valence-corrected chi connectivity index (χ0v) is 14.1. The third-order valence-electron chi connectivity index (χ3n) is 4.47. The highest BCUT2D eigenvalue weighted by Crippen LogP contribution is 2.20. The minimum Gasteiger partial charge on any atom is -0.376 e. The molecular weight excluding hydrogens is 306 g/mol. The van der Waals surface area contributed by atoms with E-state index in [2.05, 4.69) is 15.4 Å². The molecule has 2 amide bonds. The number of hydrogen-bond donors (Lipinski definition) is 1. The number of urea groups is 1. The van der Waals surface area contributed by atoms with Crippen molar-refractivity contribution in [3.8, 4) is 5.69 Å². The number of nitrogens with zero attached hydrogens (tertiary/aromatic N) is 4. The fourth-order valence-electron chi connectivity index (χ4n) is 2.78. The monoisotopic (exact) mass is 329 g/mol. The van der Waals surface area contributed by atoms with Gasteiger partial charge in [-0.1, -0.05) is 12.1 Å². The Morgan fingerprint density at radius 2 is 2.25 bits per heavy atom. The third kappa shape index (κ3) is 3.73. The fourth-order valence-corrected chi connectivity index (χ4v) is 2.78. The van der Waals surface area contributed by atoms with E-state index in [4.69, 9.17) is 4.74 Å². The van der Waals surface area contributed by atoms with E-state index in [1.54, 1.807) is 23.0 Å². The standard InChI is InChI=1S/C17H23N5O2/c1-13(21(2)17(23)19-10-16-4-3-9-24-16)14-5-7-15(8-6-14)22-12-18-11-20-22/h5-8,11-13,16H,3-4,9-10H2,1-2H3,(H,19,23). The maximum absolute atomic E-state index is 12.3. The molecule has 2 heterocycles. The highest BCUT2D eigenvalue weighted by molar-refractivity contribution is 5.74. The van der Waals surface area contributed by atoms with Crippen molar-refractivity contribution in [1.29, 1.82) is 0 Å². The van der Waals surface area contributed by atoms with Crippen LogP contribution in [0.3, 0.4) is 0 Å². The lowest BCUT2D eigenvalue weighted by Crippen LogP contribution is -2.41. The first-order valence-electron chi connectivity index (χ1n) is 8.22. The average molecular weight is 329 g/mol. The number of hydrogen-bond acceptors (Lipinski definition) is 4. The number of ether oxygens (including phenoxy) is 1. The van der Waals surface area contributed by atoms with Crippen molar-refractivity contribution >= 4 is 6.03 Å². The van der Waals surface area contributed by atoms with Crippen LogP contribution in [-0.4, -0.2) is 52.0 Å². The molecule has 1 aromatic carbocycles. The minimum absolute atomic E-state index is 0.0284. The highest BCUT2D eigenvalue weighted by Gasteiger charge is 2.20. The van der Waals surface area contributed by atoms with Crippen LogP contribution in [0.15, 0.2) is 36.9 Å². The predicted molar refractivity (Wildman–Crippen MR) is 89.9 cm³/mol. The van der Waals surface area contributed by atoms with Gasteiger partial charge in [0.1, 0.15) is 12.7 Å². The number of amides is 2. The largest absolute Gasteiger partial charge is 0.376 e. The number of benzene rings is 1. The Morgan fingerprint density at radius 3 is 2.88 bits per heavy atom. The zero-order chi connectivity index (χ0) is 16.9. The van der Waals surface area contributed by atoms with Crippen LogP contribution in [0, 0.1) is 0 Å². The van der Waals surface area contributed by atoms with Crippen LogP contribution in [0.5, 0.6) is 0 Å². The summed E-state index contributed by atoms with van der Waals surface area (Å²) in [5, 5.41) is 7.05. The van der Waals surface area contributed by atoms with Crippen molar-refractivity contribution < 1.29 is 9.53 Å². The van der Waals surface area contributed by atoms with Gasteiger partial charge in [0.05, 0.1) is 17.8 Å². The number of carbonyl (C=O) groups is 1. The second-order valence-electron chi connectivity index (χ2n) is 6.04. The van der Waals surface area contributed by atoms with Crippen LogP contribution in [-0.2, 0) is 4.74 Å². The minimum atomic E-state index is -0.0849. The normalized spacial score (nSPS) is 18.3. The van der Waals surface area contributed by atoms with Gasteiger partial charge in [-0.25, -0.2) is 14.5 Å². The van der Waals surface area contributed by atoms with E-state index in [-0.39, 0.29) is 18.2 Å². The SMILES string of the molecule is CC(c1ccc(-n2cncn2)cc1)N(C)C(=O)NCC1CCCO1. The van der Waals surface area contributed by atoms with Crippen molar-refractivity contribution in [2.75, 3.05) is 20.2 Å². The number of rotatable bonds is 5. The first-order valence-corrected chi connectivity index (χ1v) is 8.22. The lowest BCUT2D eigenvalue weighted by atomic mass is 10.1. The maximum Gasteiger partial charge on any atom is 0.317 e. The second-order valence-corrected chi connectivity index (χ2v) is 6.04. The van der Waals surface area contributed by atoms with E-state index in [1.165, 1.54) is 6.33 Å². The zero-order valence-electron chi connectivity index (χ0n) is 14.1. The Balaban J connectivity index is 1.57. The molecule has 2 atom stereocenters. The van der Waals surface area contributed by atoms with Gasteiger partial charge in [0.25, 0.3) is 0 Å². The Kier molecular flexibility index (Phi) is 5.10. The topological polar surface area (TPSA) is 72.3 Å². The van der Waals surface area contributed by atoms with Gasteiger partial charge in [0.15, 0.2) is 0 Å². The van der Waals surface area contributed by atoms with Crippen LogP contribution in [0.1, 0.15) is 31.4 Å². The van der Waals surface area contributed by atoms with Crippen molar-refractivity contribution in [3.05, 3.63) is 42.5 Å². The van der Waals surface area contributed by atoms with Gasteiger partial charge in [-0.05, 0) is 37.5 Å². The molecular formula is C17H23N5O2. The maximum atomic E-state index is 12.3. The smallest absolute Gasteiger partial charge is 0.317 e. The fraction of sp³-hybridized carbons (Fsp3) is 0.471. The molecule has 0 spiro atoms. The number of nitrogens with one attached hydrogen (secondary N) is 1. The van der Waals surface area contributed by atoms with E-state index < -0.39 is 0 Å². The summed E-state index contributed by atoms with van der Waals surface area (Å²) in [4.78, 5) is 18.0. The molecule has 24 heavy (non-hydrogen) atoms. The molecule has 3 rings (SSSR count). The van der Waals surface area contributed by atoms with Gasteiger partial charge in [-0.15, -0.1) is 0 Å². The summed E-state index contributed by atoms with van der Waals surface area (Å²) >= 11 is 0. The molecule has 2 unspecified atom stereocenters. The number of carbonyl (C=O) groups excluding carboxylic acids is 1. The Labute approximate surface area is 141 Å². The summed E-state index contributed by atoms with van der Waals surface area (Å²) in [5.41, 5.74) is 2.00. The molecule has 7 nitrogen and oxygen atoms in total. The third-order valence-corrected chi connectivity index (χ3v) is 4.47. The van der Waals surface area contributed by atoms with E-state index in [1.807, 2.05) is 31.2 Å². The van der Waals surface area contributed by atoms with Crippen molar-refractivity contribution in [2.45, 2.75) is 31.9 Å². The molecule has 1 aliphatic heterocycles. The molecule has 0 bridgehead atoms. The van der Waals surface area contributed by atoms with E-state index in [9.17, 15) is 4.79 Å². The first kappa shape index (κ1) is 16.4. The Morgan fingerprint density at radius 1 is 1.46 bits per heavy atom. The van der Waals surface area contributed by atoms with Crippen LogP contribution < -0.4 is 5.32 Å². The second kappa shape index (κ2) is 7.44. The van der Waals surface area contributed by atoms with Gasteiger partial charge in [-0.3, -0.25) is 0 Å². The molecule has 1 fully saturated rings. The summed E-state index contributed by atoms with van der Waals surface area (Å²) in [6.45, 7) is 3.38. The van der Waals surface area contributed by atoms with Gasteiger partial charge < -0.3 is 15.0 Å². The Hall–Kier alpha value is -2.41. The van der Waals surface area contributed by atoms with E-state index >= 15 is 0 Å². The van der Waals surface area contributed by atoms with Crippen molar-refractivity contribution in [3.63, 3.8) is 0 Å². The molecule has 128 valence electrons. The average Bonchev–Trinajstić information content (AvgIpc) is 3.32. The van der Waals surface area contributed by atoms with Gasteiger partial charge in [0, 0.05) is 20.2 Å². The summed E-state index contributed by atoms with van der Waals surface area (Å²) < 4.78 is 7.23. The molecule has 0 aliphatic carbocycles. The van der Waals surface area contributed by atoms with Crippen LogP contribution in [0.4, 0.5) is 4.79 Å². The van der Waals surface area contributed by atoms with Crippen molar-refractivity contribution in [1.82, 2.24) is 25.0 Å². The molecule has 1 N–H and O–H groups in total. The summed E-state index contributed by atoms with van der Waals surface area (Å²) in [5.74, 6) is 0. The lowest BCUT2D eigenvalue weighted by Gasteiger charge is -2.26. The van der Waals surface area contributed by atoms with Crippen LogP contribution in [0.2, 0.25) is 0 Å². The first-order chi connectivity index (χ1) is 11.6. The molecule has 1 aliphatic rings. The summed E-state index contributed by atoms with van der Waals surface area (Å²) in [6, 6.07) is 7.84. The highest BCUT2D eigenvalue weighted by atomic mass is 16.5. The summed E-state index contributed by atoms with van der Waals surface area (Å²) in [7, 11) is 1.81. The quantitative estimate of drug-likeness (QED) is 0.912. The molecule has 0 radical (unpaired) electrons. The molecule has 0 saturated carbocycles. The molecule has 2 aromatic rings. The van der Waals surface area contributed by atoms with Crippen LogP contribution in [0.25, 0.3) is 5.69 Å². The summed E-state index contributed by atoms with van der Waals surface area (Å²) in [6.07, 6.45) is 5.40. The molecule has 1 aromatic heterocycles. The predicted octanol–water partition coefficient (Wildman–Crippen LogP) is 2.15. The van der Waals surface area contributed by atoms with Crippen molar-refractivity contribution in [2.24, 2.45) is 0 Å². The van der Waals surface area contributed by atoms with Crippen LogP contribution >= 0.6 is 0 Å². The van der Waals surface area contributed by atoms with E-state index in [0.717, 1.165) is 30.7 Å². The number of aromatic nitrogens is 3. The van der Waals surface area contributed by atoms with Gasteiger partial charge in [0.2, 0.25) is 0 Å². The molecule has 1 saturated heterocycles. The van der Waals surface area contributed by atoms with Gasteiger partial charge in [-0.2, -0.15) is 5.10 Å².